The van der Waals surface area contributed by atoms with Crippen molar-refractivity contribution in [3.63, 3.8) is 0 Å². The Morgan fingerprint density at radius 1 is 0.923 bits per heavy atom. The van der Waals surface area contributed by atoms with E-state index in [1.54, 1.807) is 81.6 Å². The molecule has 0 aliphatic heterocycles. The van der Waals surface area contributed by atoms with Crippen molar-refractivity contribution in [3.8, 4) is 11.5 Å². The molecule has 0 saturated carbocycles. The lowest BCUT2D eigenvalue weighted by Gasteiger charge is -2.32. The third-order valence-electron chi connectivity index (χ3n) is 6.05. The molecule has 3 aromatic carbocycles. The van der Waals surface area contributed by atoms with Crippen molar-refractivity contribution in [2.24, 2.45) is 0 Å². The van der Waals surface area contributed by atoms with E-state index in [-0.39, 0.29) is 17.3 Å². The second-order valence-corrected chi connectivity index (χ2v) is 10.6. The maximum Gasteiger partial charge on any atom is 0.264 e. The second-order valence-electron chi connectivity index (χ2n) is 8.70. The van der Waals surface area contributed by atoms with Gasteiger partial charge in [-0.1, -0.05) is 30.3 Å². The number of nitrogens with one attached hydrogen (secondary N) is 1. The highest BCUT2D eigenvalue weighted by molar-refractivity contribution is 7.92. The molecule has 2 amide bonds. The number of carbonyl (C=O) groups is 2. The molecule has 10 heteroatoms. The molecule has 0 aromatic heterocycles. The summed E-state index contributed by atoms with van der Waals surface area (Å²) in [6, 6.07) is 20.8. The number of nitrogens with zero attached hydrogens (tertiary/aromatic N) is 2. The molecule has 0 heterocycles. The predicted octanol–water partition coefficient (Wildman–Crippen LogP) is 3.84. The summed E-state index contributed by atoms with van der Waals surface area (Å²) in [5.41, 5.74) is 1.06. The van der Waals surface area contributed by atoms with Gasteiger partial charge in [-0.05, 0) is 74.9 Å². The Kier molecular flexibility index (Phi) is 10.3. The van der Waals surface area contributed by atoms with Crippen LogP contribution >= 0.6 is 0 Å². The molecule has 0 aliphatic carbocycles. The van der Waals surface area contributed by atoms with Crippen molar-refractivity contribution in [1.82, 2.24) is 10.2 Å². The number of rotatable bonds is 13. The minimum Gasteiger partial charge on any atom is -0.497 e. The Hall–Kier alpha value is -4.05. The highest BCUT2D eigenvalue weighted by Crippen LogP contribution is 2.26. The van der Waals surface area contributed by atoms with Crippen LogP contribution in [0.2, 0.25) is 0 Å². The molecule has 0 aliphatic rings. The minimum absolute atomic E-state index is 0.0127. The molecule has 0 radical (unpaired) electrons. The molecule has 1 atom stereocenters. The molecule has 9 nitrogen and oxygen atoms in total. The van der Waals surface area contributed by atoms with Crippen LogP contribution in [0.5, 0.6) is 11.5 Å². The van der Waals surface area contributed by atoms with E-state index in [1.165, 1.54) is 17.0 Å². The zero-order chi connectivity index (χ0) is 28.4. The Morgan fingerprint density at radius 2 is 1.62 bits per heavy atom. The van der Waals surface area contributed by atoms with Crippen LogP contribution < -0.4 is 19.1 Å². The minimum atomic E-state index is -4.14. The Bertz CT molecular complexity index is 1350. The second kappa shape index (κ2) is 13.7. The molecule has 208 valence electrons. The van der Waals surface area contributed by atoms with E-state index >= 15 is 0 Å². The Morgan fingerprint density at radius 3 is 2.23 bits per heavy atom. The van der Waals surface area contributed by atoms with Crippen LogP contribution in [0.1, 0.15) is 26.3 Å². The van der Waals surface area contributed by atoms with E-state index in [0.29, 0.717) is 30.3 Å². The van der Waals surface area contributed by atoms with E-state index in [9.17, 15) is 18.0 Å². The highest BCUT2D eigenvalue weighted by atomic mass is 32.2. The van der Waals surface area contributed by atoms with Gasteiger partial charge in [-0.3, -0.25) is 13.9 Å². The number of para-hydroxylation sites is 1. The fraction of sp³-hybridized carbons (Fsp3) is 0.310. The topological polar surface area (TPSA) is 105 Å². The number of benzene rings is 3. The van der Waals surface area contributed by atoms with Gasteiger partial charge in [-0.25, -0.2) is 8.42 Å². The van der Waals surface area contributed by atoms with Gasteiger partial charge < -0.3 is 19.7 Å². The third-order valence-corrected chi connectivity index (χ3v) is 7.84. The lowest BCUT2D eigenvalue weighted by Crippen LogP contribution is -2.51. The van der Waals surface area contributed by atoms with Crippen LogP contribution in [0.15, 0.2) is 83.8 Å². The van der Waals surface area contributed by atoms with Crippen LogP contribution in [-0.4, -0.2) is 58.0 Å². The van der Waals surface area contributed by atoms with E-state index < -0.39 is 28.5 Å². The number of hydrogen-bond acceptors (Lipinski definition) is 6. The molecular weight excluding hydrogens is 518 g/mol. The fourth-order valence-corrected chi connectivity index (χ4v) is 5.41. The molecule has 0 spiro atoms. The Balaban J connectivity index is 1.99. The monoisotopic (exact) mass is 553 g/mol. The molecule has 0 fully saturated rings. The van der Waals surface area contributed by atoms with Gasteiger partial charge in [0.1, 0.15) is 24.1 Å². The summed E-state index contributed by atoms with van der Waals surface area (Å²) < 4.78 is 39.5. The maximum absolute atomic E-state index is 13.8. The maximum atomic E-state index is 13.8. The quantitative estimate of drug-likeness (QED) is 0.345. The van der Waals surface area contributed by atoms with Crippen LogP contribution in [0.25, 0.3) is 0 Å². The molecule has 3 rings (SSSR count). The standard InChI is InChI=1S/C29H35N3O6S/c1-5-30-29(34)22(3)31(20-23-11-10-14-26(19-23)37-4)28(33)21-32(24-12-8-7-9-13-24)39(35,36)27-17-15-25(16-18-27)38-6-2/h7-19,22H,5-6,20-21H2,1-4H3,(H,30,34)/t22-/m0/s1. The number of amides is 2. The summed E-state index contributed by atoms with van der Waals surface area (Å²) in [5.74, 6) is 0.276. The first-order valence-electron chi connectivity index (χ1n) is 12.7. The van der Waals surface area contributed by atoms with E-state index in [0.717, 1.165) is 9.87 Å². The third kappa shape index (κ3) is 7.51. The van der Waals surface area contributed by atoms with Gasteiger partial charge in [0.15, 0.2) is 0 Å². The Labute approximate surface area is 230 Å². The first-order valence-corrected chi connectivity index (χ1v) is 14.2. The van der Waals surface area contributed by atoms with Gasteiger partial charge in [0.2, 0.25) is 11.8 Å². The number of methoxy groups -OCH3 is 1. The van der Waals surface area contributed by atoms with Gasteiger partial charge in [-0.2, -0.15) is 0 Å². The zero-order valence-electron chi connectivity index (χ0n) is 22.7. The average molecular weight is 554 g/mol. The number of ether oxygens (including phenoxy) is 2. The van der Waals surface area contributed by atoms with Gasteiger partial charge in [0.05, 0.1) is 24.3 Å². The normalized spacial score (nSPS) is 11.8. The van der Waals surface area contributed by atoms with Crippen LogP contribution in [0.3, 0.4) is 0 Å². The SMILES string of the molecule is CCNC(=O)[C@H](C)N(Cc1cccc(OC)c1)C(=O)CN(c1ccccc1)S(=O)(=O)c1ccc(OCC)cc1. The van der Waals surface area contributed by atoms with Gasteiger partial charge in [0.25, 0.3) is 10.0 Å². The van der Waals surface area contributed by atoms with Gasteiger partial charge in [-0.15, -0.1) is 0 Å². The lowest BCUT2D eigenvalue weighted by molar-refractivity contribution is -0.139. The van der Waals surface area contributed by atoms with Gasteiger partial charge >= 0.3 is 0 Å². The highest BCUT2D eigenvalue weighted by Gasteiger charge is 2.32. The van der Waals surface area contributed by atoms with E-state index in [2.05, 4.69) is 5.32 Å². The molecule has 0 bridgehead atoms. The lowest BCUT2D eigenvalue weighted by atomic mass is 10.1. The van der Waals surface area contributed by atoms with Crippen molar-refractivity contribution in [3.05, 3.63) is 84.4 Å². The fourth-order valence-electron chi connectivity index (χ4n) is 4.00. The summed E-state index contributed by atoms with van der Waals surface area (Å²) in [6.45, 7) is 5.67. The largest absolute Gasteiger partial charge is 0.497 e. The first-order chi connectivity index (χ1) is 18.7. The molecule has 0 saturated heterocycles. The molecule has 3 aromatic rings. The van der Waals surface area contributed by atoms with Crippen LogP contribution in [0, 0.1) is 0 Å². The first kappa shape index (κ1) is 29.5. The van der Waals surface area contributed by atoms with Crippen LogP contribution in [0.4, 0.5) is 5.69 Å². The zero-order valence-corrected chi connectivity index (χ0v) is 23.5. The number of likely N-dealkylation sites (N-methyl/N-ethyl adjacent to an activating group) is 1. The molecular formula is C29H35N3O6S. The number of sulfonamides is 1. The summed E-state index contributed by atoms with van der Waals surface area (Å²) in [4.78, 5) is 28.0. The summed E-state index contributed by atoms with van der Waals surface area (Å²) >= 11 is 0. The van der Waals surface area contributed by atoms with Gasteiger partial charge in [0, 0.05) is 13.1 Å². The van der Waals surface area contributed by atoms with E-state index in [1.807, 2.05) is 13.0 Å². The van der Waals surface area contributed by atoms with Crippen LogP contribution in [-0.2, 0) is 26.2 Å². The van der Waals surface area contributed by atoms with E-state index in [4.69, 9.17) is 9.47 Å². The summed E-state index contributed by atoms with van der Waals surface area (Å²) in [5, 5.41) is 2.74. The van der Waals surface area contributed by atoms with Crippen molar-refractivity contribution >= 4 is 27.5 Å². The van der Waals surface area contributed by atoms with Crippen molar-refractivity contribution in [2.75, 3.05) is 31.1 Å². The number of hydrogen-bond donors (Lipinski definition) is 1. The smallest absolute Gasteiger partial charge is 0.264 e. The van der Waals surface area contributed by atoms with Crippen molar-refractivity contribution < 1.29 is 27.5 Å². The number of anilines is 1. The molecule has 0 unspecified atom stereocenters. The summed E-state index contributed by atoms with van der Waals surface area (Å²) in [7, 11) is -2.60. The average Bonchev–Trinajstić information content (AvgIpc) is 2.95. The predicted molar refractivity (Wildman–Crippen MR) is 150 cm³/mol. The van der Waals surface area contributed by atoms with Crippen molar-refractivity contribution in [2.45, 2.75) is 38.3 Å². The molecule has 39 heavy (non-hydrogen) atoms. The van der Waals surface area contributed by atoms with Crippen molar-refractivity contribution in [1.29, 1.82) is 0 Å². The summed E-state index contributed by atoms with van der Waals surface area (Å²) in [6.07, 6.45) is 0. The number of carbonyl (C=O) groups excluding carboxylic acids is 2. The molecule has 1 N–H and O–H groups in total.